The lowest BCUT2D eigenvalue weighted by Crippen LogP contribution is -2.00. The molecule has 0 aliphatic heterocycles. The van der Waals surface area contributed by atoms with Crippen molar-refractivity contribution in [3.63, 3.8) is 0 Å². The highest BCUT2D eigenvalue weighted by molar-refractivity contribution is 6.01. The molecule has 0 saturated carbocycles. The Bertz CT molecular complexity index is 746. The highest BCUT2D eigenvalue weighted by Gasteiger charge is 2.07. The van der Waals surface area contributed by atoms with Crippen molar-refractivity contribution < 1.29 is 9.52 Å². The molecule has 78 valence electrons. The first kappa shape index (κ1) is 8.91. The Kier molecular flexibility index (Phi) is 1.71. The maximum atomic E-state index is 11.6. The fourth-order valence-electron chi connectivity index (χ4n) is 1.73. The van der Waals surface area contributed by atoms with Crippen molar-refractivity contribution in [1.29, 1.82) is 0 Å². The number of hydrogen-bond donors (Lipinski definition) is 1. The average Bonchev–Trinajstić information content (AvgIpc) is 2.29. The predicted octanol–water partition coefficient (Wildman–Crippen LogP) is 2.05. The zero-order valence-corrected chi connectivity index (χ0v) is 8.18. The number of aromatic hydroxyl groups is 1. The Hall–Kier alpha value is -2.36. The van der Waals surface area contributed by atoms with Crippen LogP contribution < -0.4 is 5.63 Å². The number of rotatable bonds is 0. The SMILES string of the molecule is O=c1oc2cc(O)ccc2c2ncccc12. The van der Waals surface area contributed by atoms with E-state index in [0.29, 0.717) is 21.9 Å². The van der Waals surface area contributed by atoms with E-state index in [-0.39, 0.29) is 5.75 Å². The van der Waals surface area contributed by atoms with Crippen LogP contribution in [0.15, 0.2) is 45.7 Å². The minimum Gasteiger partial charge on any atom is -0.508 e. The molecule has 0 atom stereocenters. The molecule has 1 aromatic carbocycles. The Labute approximate surface area is 89.8 Å². The first-order valence-corrected chi connectivity index (χ1v) is 4.76. The summed E-state index contributed by atoms with van der Waals surface area (Å²) >= 11 is 0. The second-order valence-electron chi connectivity index (χ2n) is 3.47. The summed E-state index contributed by atoms with van der Waals surface area (Å²) in [7, 11) is 0. The Balaban J connectivity index is 2.64. The summed E-state index contributed by atoms with van der Waals surface area (Å²) < 4.78 is 5.10. The second-order valence-corrected chi connectivity index (χ2v) is 3.47. The number of nitrogens with zero attached hydrogens (tertiary/aromatic N) is 1. The van der Waals surface area contributed by atoms with Crippen molar-refractivity contribution in [3.05, 3.63) is 46.9 Å². The lowest BCUT2D eigenvalue weighted by molar-refractivity contribution is 0.473. The molecule has 2 heterocycles. The number of phenols is 1. The summed E-state index contributed by atoms with van der Waals surface area (Å²) in [5.41, 5.74) is 0.492. The van der Waals surface area contributed by atoms with Gasteiger partial charge in [-0.1, -0.05) is 0 Å². The topological polar surface area (TPSA) is 63.3 Å². The van der Waals surface area contributed by atoms with E-state index in [1.165, 1.54) is 12.1 Å². The first-order valence-electron chi connectivity index (χ1n) is 4.76. The van der Waals surface area contributed by atoms with E-state index in [4.69, 9.17) is 4.42 Å². The Morgan fingerprint density at radius 2 is 2.06 bits per heavy atom. The molecule has 1 N–H and O–H groups in total. The number of aromatic nitrogens is 1. The van der Waals surface area contributed by atoms with Crippen molar-refractivity contribution in [2.45, 2.75) is 0 Å². The summed E-state index contributed by atoms with van der Waals surface area (Å²) in [5.74, 6) is 0.0610. The highest BCUT2D eigenvalue weighted by Crippen LogP contribution is 2.23. The second kappa shape index (κ2) is 3.06. The van der Waals surface area contributed by atoms with Gasteiger partial charge in [0.15, 0.2) is 0 Å². The molecule has 0 amide bonds. The molecule has 0 bridgehead atoms. The number of pyridine rings is 1. The van der Waals surface area contributed by atoms with Gasteiger partial charge in [-0.2, -0.15) is 0 Å². The van der Waals surface area contributed by atoms with Gasteiger partial charge in [-0.3, -0.25) is 4.98 Å². The van der Waals surface area contributed by atoms with E-state index in [0.717, 1.165) is 0 Å². The molecule has 0 aliphatic rings. The van der Waals surface area contributed by atoms with Crippen molar-refractivity contribution in [2.75, 3.05) is 0 Å². The molecule has 0 aliphatic carbocycles. The maximum Gasteiger partial charge on any atom is 0.345 e. The van der Waals surface area contributed by atoms with Crippen molar-refractivity contribution in [3.8, 4) is 5.75 Å². The van der Waals surface area contributed by atoms with E-state index in [9.17, 15) is 9.90 Å². The first-order chi connectivity index (χ1) is 7.75. The molecule has 0 radical (unpaired) electrons. The zero-order chi connectivity index (χ0) is 11.1. The summed E-state index contributed by atoms with van der Waals surface area (Å²) in [6.07, 6.45) is 1.62. The van der Waals surface area contributed by atoms with Gasteiger partial charge in [0.1, 0.15) is 11.3 Å². The molecular formula is C12H7NO3. The number of benzene rings is 1. The minimum atomic E-state index is -0.443. The van der Waals surface area contributed by atoms with E-state index in [1.54, 1.807) is 24.4 Å². The van der Waals surface area contributed by atoms with Gasteiger partial charge in [-0.25, -0.2) is 4.79 Å². The monoisotopic (exact) mass is 213 g/mol. The molecule has 4 nitrogen and oxygen atoms in total. The minimum absolute atomic E-state index is 0.0610. The summed E-state index contributed by atoms with van der Waals surface area (Å²) in [4.78, 5) is 15.8. The fraction of sp³-hybridized carbons (Fsp3) is 0. The Morgan fingerprint density at radius 1 is 1.19 bits per heavy atom. The molecule has 0 saturated heterocycles. The van der Waals surface area contributed by atoms with Crippen LogP contribution in [0, 0.1) is 0 Å². The van der Waals surface area contributed by atoms with E-state index < -0.39 is 5.63 Å². The predicted molar refractivity (Wildman–Crippen MR) is 59.4 cm³/mol. The van der Waals surface area contributed by atoms with Crippen LogP contribution in [0.3, 0.4) is 0 Å². The summed E-state index contributed by atoms with van der Waals surface area (Å²) in [6, 6.07) is 7.98. The van der Waals surface area contributed by atoms with Gasteiger partial charge in [0.05, 0.1) is 10.9 Å². The molecular weight excluding hydrogens is 206 g/mol. The molecule has 3 rings (SSSR count). The van der Waals surface area contributed by atoms with Gasteiger partial charge in [0.25, 0.3) is 0 Å². The molecule has 0 fully saturated rings. The van der Waals surface area contributed by atoms with Gasteiger partial charge >= 0.3 is 5.63 Å². The van der Waals surface area contributed by atoms with Crippen LogP contribution in [0.4, 0.5) is 0 Å². The van der Waals surface area contributed by atoms with Crippen LogP contribution in [0.2, 0.25) is 0 Å². The van der Waals surface area contributed by atoms with E-state index in [1.807, 2.05) is 0 Å². The third-order valence-electron chi connectivity index (χ3n) is 2.45. The molecule has 2 aromatic heterocycles. The lowest BCUT2D eigenvalue weighted by Gasteiger charge is -2.01. The lowest BCUT2D eigenvalue weighted by atomic mass is 10.1. The third-order valence-corrected chi connectivity index (χ3v) is 2.45. The molecule has 0 unspecified atom stereocenters. The maximum absolute atomic E-state index is 11.6. The fourth-order valence-corrected chi connectivity index (χ4v) is 1.73. The molecule has 4 heteroatoms. The standard InChI is InChI=1S/C12H7NO3/c14-7-3-4-8-10(6-7)16-12(15)9-2-1-5-13-11(8)9/h1-6,14H. The van der Waals surface area contributed by atoms with Gasteiger partial charge < -0.3 is 9.52 Å². The largest absolute Gasteiger partial charge is 0.508 e. The number of hydrogen-bond acceptors (Lipinski definition) is 4. The molecule has 0 spiro atoms. The van der Waals surface area contributed by atoms with Crippen LogP contribution in [-0.4, -0.2) is 10.1 Å². The number of phenolic OH excluding ortho intramolecular Hbond substituents is 1. The highest BCUT2D eigenvalue weighted by atomic mass is 16.4. The van der Waals surface area contributed by atoms with Crippen LogP contribution in [-0.2, 0) is 0 Å². The summed E-state index contributed by atoms with van der Waals surface area (Å²) in [5, 5.41) is 10.5. The van der Waals surface area contributed by atoms with Gasteiger partial charge in [-0.15, -0.1) is 0 Å². The van der Waals surface area contributed by atoms with Crippen LogP contribution in [0.5, 0.6) is 5.75 Å². The molecule has 3 aromatic rings. The van der Waals surface area contributed by atoms with Crippen molar-refractivity contribution in [1.82, 2.24) is 4.98 Å². The molecule has 16 heavy (non-hydrogen) atoms. The van der Waals surface area contributed by atoms with E-state index in [2.05, 4.69) is 4.98 Å². The normalized spacial score (nSPS) is 11.0. The summed E-state index contributed by atoms with van der Waals surface area (Å²) in [6.45, 7) is 0. The third kappa shape index (κ3) is 1.16. The smallest absolute Gasteiger partial charge is 0.345 e. The average molecular weight is 213 g/mol. The van der Waals surface area contributed by atoms with Crippen molar-refractivity contribution >= 4 is 21.9 Å². The van der Waals surface area contributed by atoms with Crippen molar-refractivity contribution in [2.24, 2.45) is 0 Å². The van der Waals surface area contributed by atoms with Gasteiger partial charge in [0, 0.05) is 17.6 Å². The number of fused-ring (bicyclic) bond motifs is 3. The van der Waals surface area contributed by atoms with Crippen LogP contribution >= 0.6 is 0 Å². The van der Waals surface area contributed by atoms with Gasteiger partial charge in [-0.05, 0) is 24.3 Å². The quantitative estimate of drug-likeness (QED) is 0.458. The van der Waals surface area contributed by atoms with E-state index >= 15 is 0 Å². The Morgan fingerprint density at radius 3 is 2.94 bits per heavy atom. The van der Waals surface area contributed by atoms with Crippen LogP contribution in [0.25, 0.3) is 21.9 Å². The van der Waals surface area contributed by atoms with Gasteiger partial charge in [0.2, 0.25) is 0 Å². The zero-order valence-electron chi connectivity index (χ0n) is 8.18. The van der Waals surface area contributed by atoms with Crippen LogP contribution in [0.1, 0.15) is 0 Å².